The van der Waals surface area contributed by atoms with E-state index in [9.17, 15) is 4.79 Å². The normalized spacial score (nSPS) is 14.5. The number of aromatic nitrogens is 2. The SMILES string of the molecule is O=C(c1cccc(-c2noc(/C=C/c3ccccc3Cl)n2)c1)N1CCOCC1. The second-order valence-corrected chi connectivity index (χ2v) is 6.70. The molecule has 0 N–H and O–H groups in total. The first kappa shape index (κ1) is 18.4. The number of benzene rings is 2. The standard InChI is InChI=1S/C21H18ClN3O3/c22-18-7-2-1-4-15(18)8-9-19-23-20(24-28-19)16-5-3-6-17(14-16)21(26)25-10-12-27-13-11-25/h1-9,14H,10-13H2/b9-8+. The third-order valence-corrected chi connectivity index (χ3v) is 4.76. The Morgan fingerprint density at radius 2 is 1.89 bits per heavy atom. The van der Waals surface area contributed by atoms with Gasteiger partial charge in [-0.05, 0) is 29.8 Å². The average Bonchev–Trinajstić information content (AvgIpc) is 3.22. The summed E-state index contributed by atoms with van der Waals surface area (Å²) >= 11 is 6.14. The Bertz CT molecular complexity index is 1010. The van der Waals surface area contributed by atoms with Crippen LogP contribution >= 0.6 is 11.6 Å². The van der Waals surface area contributed by atoms with Gasteiger partial charge < -0.3 is 14.2 Å². The predicted molar refractivity (Wildman–Crippen MR) is 107 cm³/mol. The lowest BCUT2D eigenvalue weighted by Gasteiger charge is -2.26. The molecule has 0 aliphatic carbocycles. The first-order chi connectivity index (χ1) is 13.7. The van der Waals surface area contributed by atoms with Crippen LogP contribution in [0.5, 0.6) is 0 Å². The summed E-state index contributed by atoms with van der Waals surface area (Å²) in [6.07, 6.45) is 3.53. The molecule has 2 aromatic carbocycles. The van der Waals surface area contributed by atoms with Crippen molar-refractivity contribution in [3.05, 3.63) is 70.6 Å². The molecule has 0 radical (unpaired) electrons. The molecule has 1 amide bonds. The van der Waals surface area contributed by atoms with Crippen molar-refractivity contribution in [2.75, 3.05) is 26.3 Å². The summed E-state index contributed by atoms with van der Waals surface area (Å²) in [5, 5.41) is 4.66. The lowest BCUT2D eigenvalue weighted by Crippen LogP contribution is -2.40. The molecule has 2 heterocycles. The van der Waals surface area contributed by atoms with Gasteiger partial charge in [-0.1, -0.05) is 47.1 Å². The van der Waals surface area contributed by atoms with Gasteiger partial charge in [-0.15, -0.1) is 0 Å². The van der Waals surface area contributed by atoms with Crippen molar-refractivity contribution in [1.82, 2.24) is 15.0 Å². The number of ether oxygens (including phenoxy) is 1. The molecular weight excluding hydrogens is 378 g/mol. The maximum absolute atomic E-state index is 12.7. The van der Waals surface area contributed by atoms with E-state index in [0.29, 0.717) is 48.6 Å². The van der Waals surface area contributed by atoms with E-state index in [1.165, 1.54) is 0 Å². The topological polar surface area (TPSA) is 68.5 Å². The fraction of sp³-hybridized carbons (Fsp3) is 0.190. The smallest absolute Gasteiger partial charge is 0.254 e. The van der Waals surface area contributed by atoms with Crippen molar-refractivity contribution in [1.29, 1.82) is 0 Å². The van der Waals surface area contributed by atoms with E-state index < -0.39 is 0 Å². The van der Waals surface area contributed by atoms with Crippen LogP contribution in [0.25, 0.3) is 23.5 Å². The number of carbonyl (C=O) groups is 1. The molecule has 142 valence electrons. The molecule has 0 unspecified atom stereocenters. The van der Waals surface area contributed by atoms with Gasteiger partial charge in [0.2, 0.25) is 5.82 Å². The number of hydrogen-bond acceptors (Lipinski definition) is 5. The molecule has 4 rings (SSSR count). The van der Waals surface area contributed by atoms with E-state index in [1.54, 1.807) is 23.1 Å². The van der Waals surface area contributed by atoms with Crippen molar-refractivity contribution >= 4 is 29.7 Å². The summed E-state index contributed by atoms with van der Waals surface area (Å²) in [4.78, 5) is 18.8. The van der Waals surface area contributed by atoms with E-state index in [0.717, 1.165) is 11.1 Å². The molecule has 1 fully saturated rings. The Morgan fingerprint density at radius 1 is 1.07 bits per heavy atom. The third kappa shape index (κ3) is 4.13. The first-order valence-corrected chi connectivity index (χ1v) is 9.32. The second-order valence-electron chi connectivity index (χ2n) is 6.30. The van der Waals surface area contributed by atoms with Crippen LogP contribution < -0.4 is 0 Å². The molecule has 6 nitrogen and oxygen atoms in total. The number of morpholine rings is 1. The fourth-order valence-corrected chi connectivity index (χ4v) is 3.13. The number of carbonyl (C=O) groups excluding carboxylic acids is 1. The van der Waals surface area contributed by atoms with Crippen molar-refractivity contribution in [2.24, 2.45) is 0 Å². The van der Waals surface area contributed by atoms with Crippen LogP contribution in [0.2, 0.25) is 5.02 Å². The van der Waals surface area contributed by atoms with E-state index in [-0.39, 0.29) is 5.91 Å². The van der Waals surface area contributed by atoms with Crippen molar-refractivity contribution in [3.63, 3.8) is 0 Å². The van der Waals surface area contributed by atoms with Crippen LogP contribution in [0.3, 0.4) is 0 Å². The number of nitrogens with zero attached hydrogens (tertiary/aromatic N) is 3. The Labute approximate surface area is 167 Å². The molecule has 1 aromatic heterocycles. The second kappa shape index (κ2) is 8.37. The quantitative estimate of drug-likeness (QED) is 0.667. The molecule has 7 heteroatoms. The molecule has 1 aliphatic heterocycles. The zero-order valence-corrected chi connectivity index (χ0v) is 15.8. The summed E-state index contributed by atoms with van der Waals surface area (Å²) in [7, 11) is 0. The number of amides is 1. The van der Waals surface area contributed by atoms with E-state index in [2.05, 4.69) is 10.1 Å². The lowest BCUT2D eigenvalue weighted by molar-refractivity contribution is 0.0303. The minimum atomic E-state index is -0.0208. The monoisotopic (exact) mass is 395 g/mol. The van der Waals surface area contributed by atoms with E-state index >= 15 is 0 Å². The first-order valence-electron chi connectivity index (χ1n) is 8.94. The fourth-order valence-electron chi connectivity index (χ4n) is 2.93. The number of hydrogen-bond donors (Lipinski definition) is 0. The van der Waals surface area contributed by atoms with E-state index in [4.69, 9.17) is 20.9 Å². The Hall–Kier alpha value is -2.96. The molecule has 0 saturated carbocycles. The van der Waals surface area contributed by atoms with Gasteiger partial charge >= 0.3 is 0 Å². The highest BCUT2D eigenvalue weighted by molar-refractivity contribution is 6.32. The Morgan fingerprint density at radius 3 is 2.71 bits per heavy atom. The summed E-state index contributed by atoms with van der Waals surface area (Å²) < 4.78 is 10.6. The molecule has 28 heavy (non-hydrogen) atoms. The molecule has 1 saturated heterocycles. The van der Waals surface area contributed by atoms with Gasteiger partial charge in [0, 0.05) is 35.3 Å². The van der Waals surface area contributed by atoms with Gasteiger partial charge in [0.05, 0.1) is 13.2 Å². The van der Waals surface area contributed by atoms with E-state index in [1.807, 2.05) is 42.5 Å². The van der Waals surface area contributed by atoms with Crippen molar-refractivity contribution < 1.29 is 14.1 Å². The van der Waals surface area contributed by atoms with Crippen LogP contribution in [0, 0.1) is 0 Å². The summed E-state index contributed by atoms with van der Waals surface area (Å²) in [5.74, 6) is 0.766. The highest BCUT2D eigenvalue weighted by atomic mass is 35.5. The minimum Gasteiger partial charge on any atom is -0.378 e. The minimum absolute atomic E-state index is 0.0208. The summed E-state index contributed by atoms with van der Waals surface area (Å²) in [6.45, 7) is 2.33. The molecular formula is C21H18ClN3O3. The highest BCUT2D eigenvalue weighted by Crippen LogP contribution is 2.21. The highest BCUT2D eigenvalue weighted by Gasteiger charge is 2.19. The zero-order valence-electron chi connectivity index (χ0n) is 15.0. The number of rotatable bonds is 4. The average molecular weight is 396 g/mol. The van der Waals surface area contributed by atoms with Gasteiger partial charge in [-0.2, -0.15) is 4.98 Å². The van der Waals surface area contributed by atoms with Crippen LogP contribution in [0.15, 0.2) is 53.1 Å². The maximum atomic E-state index is 12.7. The zero-order chi connectivity index (χ0) is 19.3. The van der Waals surface area contributed by atoms with Crippen molar-refractivity contribution in [2.45, 2.75) is 0 Å². The van der Waals surface area contributed by atoms with Gasteiger partial charge in [-0.25, -0.2) is 0 Å². The molecule has 1 aliphatic rings. The van der Waals surface area contributed by atoms with Crippen LogP contribution in [-0.2, 0) is 4.74 Å². The van der Waals surface area contributed by atoms with Gasteiger partial charge in [-0.3, -0.25) is 4.79 Å². The van der Waals surface area contributed by atoms with Crippen LogP contribution in [0.4, 0.5) is 0 Å². The third-order valence-electron chi connectivity index (χ3n) is 4.42. The van der Waals surface area contributed by atoms with Crippen molar-refractivity contribution in [3.8, 4) is 11.4 Å². The van der Waals surface area contributed by atoms with Crippen LogP contribution in [0.1, 0.15) is 21.8 Å². The largest absolute Gasteiger partial charge is 0.378 e. The summed E-state index contributed by atoms with van der Waals surface area (Å²) in [5.41, 5.74) is 2.18. The Balaban J connectivity index is 1.52. The molecule has 0 atom stereocenters. The molecule has 0 spiro atoms. The maximum Gasteiger partial charge on any atom is 0.254 e. The van der Waals surface area contributed by atoms with Gasteiger partial charge in [0.1, 0.15) is 0 Å². The lowest BCUT2D eigenvalue weighted by atomic mass is 10.1. The Kier molecular flexibility index (Phi) is 5.50. The molecule has 3 aromatic rings. The van der Waals surface area contributed by atoms with Crippen LogP contribution in [-0.4, -0.2) is 47.3 Å². The van der Waals surface area contributed by atoms with Gasteiger partial charge in [0.25, 0.3) is 11.8 Å². The summed E-state index contributed by atoms with van der Waals surface area (Å²) in [6, 6.07) is 14.7. The predicted octanol–water partition coefficient (Wildman–Crippen LogP) is 4.03. The van der Waals surface area contributed by atoms with Gasteiger partial charge in [0.15, 0.2) is 0 Å². The number of halogens is 1. The molecule has 0 bridgehead atoms.